The number of aromatic hydroxyl groups is 2. The van der Waals surface area contributed by atoms with Gasteiger partial charge < -0.3 is 14.9 Å². The molecule has 0 aromatic heterocycles. The third kappa shape index (κ3) is 2.23. The highest BCUT2D eigenvalue weighted by Gasteiger charge is 2.12. The van der Waals surface area contributed by atoms with Crippen LogP contribution in [-0.4, -0.2) is 10.2 Å². The van der Waals surface area contributed by atoms with Crippen molar-refractivity contribution < 1.29 is 14.9 Å². The van der Waals surface area contributed by atoms with Gasteiger partial charge in [-0.05, 0) is 22.9 Å². The highest BCUT2D eigenvalue weighted by molar-refractivity contribution is 5.92. The Morgan fingerprint density at radius 1 is 0.522 bits per heavy atom. The monoisotopic (exact) mass is 302 g/mol. The third-order valence-corrected chi connectivity index (χ3v) is 3.95. The van der Waals surface area contributed by atoms with E-state index in [0.29, 0.717) is 22.3 Å². The topological polar surface area (TPSA) is 49.7 Å². The summed E-state index contributed by atoms with van der Waals surface area (Å²) in [6.07, 6.45) is 0. The van der Waals surface area contributed by atoms with E-state index in [1.54, 1.807) is 12.1 Å². The van der Waals surface area contributed by atoms with Crippen LogP contribution in [0.4, 0.5) is 0 Å². The van der Waals surface area contributed by atoms with Gasteiger partial charge in [0.05, 0.1) is 0 Å². The lowest BCUT2D eigenvalue weighted by molar-refractivity contribution is 0.390. The van der Waals surface area contributed by atoms with Gasteiger partial charge in [0.1, 0.15) is 0 Å². The third-order valence-electron chi connectivity index (χ3n) is 3.95. The molecule has 23 heavy (non-hydrogen) atoms. The fourth-order valence-corrected chi connectivity index (χ4v) is 2.75. The average Bonchev–Trinajstić information content (AvgIpc) is 2.60. The second-order valence-corrected chi connectivity index (χ2v) is 5.37. The Hall–Kier alpha value is -3.20. The summed E-state index contributed by atoms with van der Waals surface area (Å²) in [5.41, 5.74) is 0. The first kappa shape index (κ1) is 13.5. The second-order valence-electron chi connectivity index (χ2n) is 5.37. The number of fused-ring (bicyclic) bond motifs is 2. The van der Waals surface area contributed by atoms with Crippen LogP contribution < -0.4 is 4.74 Å². The van der Waals surface area contributed by atoms with Crippen molar-refractivity contribution in [1.29, 1.82) is 0 Å². The molecule has 0 aliphatic heterocycles. The van der Waals surface area contributed by atoms with E-state index in [-0.39, 0.29) is 11.5 Å². The SMILES string of the molecule is Oc1c(Oc2ccc3ccccc3c2O)ccc2ccccc12. The lowest BCUT2D eigenvalue weighted by atomic mass is 10.1. The van der Waals surface area contributed by atoms with Crippen molar-refractivity contribution in [2.75, 3.05) is 0 Å². The van der Waals surface area contributed by atoms with E-state index >= 15 is 0 Å². The van der Waals surface area contributed by atoms with E-state index in [1.807, 2.05) is 60.7 Å². The zero-order valence-corrected chi connectivity index (χ0v) is 12.2. The molecule has 0 saturated heterocycles. The minimum Gasteiger partial charge on any atom is -0.504 e. The first-order valence-corrected chi connectivity index (χ1v) is 7.33. The van der Waals surface area contributed by atoms with Gasteiger partial charge in [-0.15, -0.1) is 0 Å². The summed E-state index contributed by atoms with van der Waals surface area (Å²) in [4.78, 5) is 0. The summed E-state index contributed by atoms with van der Waals surface area (Å²) in [7, 11) is 0. The van der Waals surface area contributed by atoms with Crippen molar-refractivity contribution in [3.05, 3.63) is 72.8 Å². The predicted molar refractivity (Wildman–Crippen MR) is 91.3 cm³/mol. The lowest BCUT2D eigenvalue weighted by Crippen LogP contribution is -1.87. The van der Waals surface area contributed by atoms with Crippen molar-refractivity contribution >= 4 is 21.5 Å². The molecular weight excluding hydrogens is 288 g/mol. The summed E-state index contributed by atoms with van der Waals surface area (Å²) >= 11 is 0. The van der Waals surface area contributed by atoms with Gasteiger partial charge in [-0.1, -0.05) is 60.7 Å². The van der Waals surface area contributed by atoms with Crippen molar-refractivity contribution in [3.8, 4) is 23.0 Å². The van der Waals surface area contributed by atoms with Gasteiger partial charge in [-0.2, -0.15) is 0 Å². The van der Waals surface area contributed by atoms with Gasteiger partial charge in [-0.25, -0.2) is 0 Å². The molecule has 0 spiro atoms. The number of hydrogen-bond acceptors (Lipinski definition) is 3. The number of benzene rings is 4. The molecule has 3 nitrogen and oxygen atoms in total. The molecule has 112 valence electrons. The standard InChI is InChI=1S/C20H14O3/c21-19-15-7-3-1-5-13(15)9-11-17(19)23-18-12-10-14-6-2-4-8-16(14)20(18)22/h1-12,21-22H. The minimum absolute atomic E-state index is 0.0654. The normalized spacial score (nSPS) is 11.0. The molecule has 0 unspecified atom stereocenters. The first-order valence-electron chi connectivity index (χ1n) is 7.33. The quantitative estimate of drug-likeness (QED) is 0.535. The maximum absolute atomic E-state index is 10.4. The van der Waals surface area contributed by atoms with E-state index in [2.05, 4.69) is 0 Å². The van der Waals surface area contributed by atoms with Crippen LogP contribution >= 0.6 is 0 Å². The van der Waals surface area contributed by atoms with Crippen LogP contribution in [0.15, 0.2) is 72.8 Å². The Kier molecular flexibility index (Phi) is 3.05. The molecule has 0 radical (unpaired) electrons. The molecule has 0 heterocycles. The van der Waals surface area contributed by atoms with Crippen molar-refractivity contribution in [2.45, 2.75) is 0 Å². The number of phenols is 2. The first-order chi connectivity index (χ1) is 11.2. The molecule has 0 aliphatic carbocycles. The maximum Gasteiger partial charge on any atom is 0.169 e. The largest absolute Gasteiger partial charge is 0.504 e. The van der Waals surface area contributed by atoms with Crippen LogP contribution in [0.1, 0.15) is 0 Å². The Bertz CT molecular complexity index is 938. The van der Waals surface area contributed by atoms with Gasteiger partial charge >= 0.3 is 0 Å². The number of phenolic OH excluding ortho intramolecular Hbond substituents is 2. The van der Waals surface area contributed by atoms with E-state index in [0.717, 1.165) is 10.8 Å². The molecule has 4 aromatic rings. The summed E-state index contributed by atoms with van der Waals surface area (Å²) < 4.78 is 5.76. The van der Waals surface area contributed by atoms with Gasteiger partial charge in [0, 0.05) is 10.8 Å². The zero-order valence-electron chi connectivity index (χ0n) is 12.2. The van der Waals surface area contributed by atoms with Gasteiger partial charge in [0.25, 0.3) is 0 Å². The Morgan fingerprint density at radius 2 is 0.957 bits per heavy atom. The average molecular weight is 302 g/mol. The van der Waals surface area contributed by atoms with Gasteiger partial charge in [0.15, 0.2) is 23.0 Å². The molecule has 0 fully saturated rings. The van der Waals surface area contributed by atoms with Gasteiger partial charge in [-0.3, -0.25) is 0 Å². The minimum atomic E-state index is 0.0654. The van der Waals surface area contributed by atoms with E-state index in [1.165, 1.54) is 0 Å². The van der Waals surface area contributed by atoms with Gasteiger partial charge in [0.2, 0.25) is 0 Å². The molecule has 4 rings (SSSR count). The molecule has 3 heteroatoms. The molecule has 0 aliphatic rings. The summed E-state index contributed by atoms with van der Waals surface area (Å²) in [6, 6.07) is 22.2. The molecule has 0 saturated carbocycles. The zero-order chi connectivity index (χ0) is 15.8. The van der Waals surface area contributed by atoms with Crippen LogP contribution in [0.25, 0.3) is 21.5 Å². The van der Waals surface area contributed by atoms with Crippen LogP contribution in [-0.2, 0) is 0 Å². The molecular formula is C20H14O3. The summed E-state index contributed by atoms with van der Waals surface area (Å²) in [6.45, 7) is 0. The summed E-state index contributed by atoms with van der Waals surface area (Å²) in [5.74, 6) is 0.759. The molecule has 0 atom stereocenters. The van der Waals surface area contributed by atoms with E-state index in [9.17, 15) is 10.2 Å². The Morgan fingerprint density at radius 3 is 1.43 bits per heavy atom. The van der Waals surface area contributed by atoms with Crippen molar-refractivity contribution in [2.24, 2.45) is 0 Å². The fraction of sp³-hybridized carbons (Fsp3) is 0. The highest BCUT2D eigenvalue weighted by Crippen LogP contribution is 2.41. The smallest absolute Gasteiger partial charge is 0.169 e. The maximum atomic E-state index is 10.4. The van der Waals surface area contributed by atoms with Crippen molar-refractivity contribution in [3.63, 3.8) is 0 Å². The molecule has 0 amide bonds. The Balaban J connectivity index is 1.82. The van der Waals surface area contributed by atoms with Crippen LogP contribution in [0.5, 0.6) is 23.0 Å². The number of rotatable bonds is 2. The van der Waals surface area contributed by atoms with E-state index in [4.69, 9.17) is 4.74 Å². The van der Waals surface area contributed by atoms with E-state index < -0.39 is 0 Å². The van der Waals surface area contributed by atoms with Crippen LogP contribution in [0.2, 0.25) is 0 Å². The highest BCUT2D eigenvalue weighted by atomic mass is 16.5. The molecule has 0 bridgehead atoms. The van der Waals surface area contributed by atoms with Crippen molar-refractivity contribution in [1.82, 2.24) is 0 Å². The molecule has 4 aromatic carbocycles. The molecule has 2 N–H and O–H groups in total. The summed E-state index contributed by atoms with van der Waals surface area (Å²) in [5, 5.41) is 24.1. The Labute approximate surface area is 133 Å². The lowest BCUT2D eigenvalue weighted by Gasteiger charge is -2.12. The van der Waals surface area contributed by atoms with Crippen LogP contribution in [0.3, 0.4) is 0 Å². The van der Waals surface area contributed by atoms with Crippen LogP contribution in [0, 0.1) is 0 Å². The second kappa shape index (κ2) is 5.21. The number of ether oxygens (including phenoxy) is 1. The fourth-order valence-electron chi connectivity index (χ4n) is 2.75. The predicted octanol–water partition coefficient (Wildman–Crippen LogP) is 5.20. The number of hydrogen-bond donors (Lipinski definition) is 2.